The summed E-state index contributed by atoms with van der Waals surface area (Å²) in [6.45, 7) is 0.807. The lowest BCUT2D eigenvalue weighted by molar-refractivity contribution is -0.108. The van der Waals surface area contributed by atoms with Crippen LogP contribution in [0.3, 0.4) is 0 Å². The quantitative estimate of drug-likeness (QED) is 0.662. The minimum atomic E-state index is 0.0119. The summed E-state index contributed by atoms with van der Waals surface area (Å²) in [7, 11) is 0. The first-order chi connectivity index (χ1) is 9.72. The Balaban J connectivity index is 1.74. The van der Waals surface area contributed by atoms with Gasteiger partial charge < -0.3 is 9.15 Å². The number of halogens is 1. The van der Waals surface area contributed by atoms with Gasteiger partial charge in [-0.2, -0.15) is 11.8 Å². The molecule has 3 heterocycles. The molecule has 0 aliphatic carbocycles. The Morgan fingerprint density at radius 1 is 1.40 bits per heavy atom. The highest BCUT2D eigenvalue weighted by Crippen LogP contribution is 2.43. The molecule has 0 bridgehead atoms. The Morgan fingerprint density at radius 3 is 2.85 bits per heavy atom. The van der Waals surface area contributed by atoms with Crippen molar-refractivity contribution in [2.24, 2.45) is 11.8 Å². The van der Waals surface area contributed by atoms with Gasteiger partial charge in [0.05, 0.1) is 11.6 Å². The third-order valence-corrected chi connectivity index (χ3v) is 5.68. The molecular formula is C14H21ClN2O2S. The summed E-state index contributed by atoms with van der Waals surface area (Å²) in [6, 6.07) is 3.69. The van der Waals surface area contributed by atoms with Crippen molar-refractivity contribution in [1.82, 2.24) is 5.43 Å². The van der Waals surface area contributed by atoms with Crippen molar-refractivity contribution in [2.45, 2.75) is 37.3 Å². The van der Waals surface area contributed by atoms with E-state index in [1.165, 1.54) is 11.5 Å². The fourth-order valence-electron chi connectivity index (χ4n) is 3.39. The molecule has 0 saturated carbocycles. The van der Waals surface area contributed by atoms with E-state index in [9.17, 15) is 0 Å². The monoisotopic (exact) mass is 316 g/mol. The maximum absolute atomic E-state index is 6.13. The molecular weight excluding hydrogens is 296 g/mol. The number of thioether (sulfide) groups is 1. The van der Waals surface area contributed by atoms with E-state index in [0.29, 0.717) is 11.1 Å². The Kier molecular flexibility index (Phi) is 4.62. The zero-order valence-corrected chi connectivity index (χ0v) is 13.0. The van der Waals surface area contributed by atoms with Crippen LogP contribution in [-0.4, -0.2) is 23.7 Å². The molecule has 4 nitrogen and oxygen atoms in total. The van der Waals surface area contributed by atoms with Crippen molar-refractivity contribution in [1.29, 1.82) is 0 Å². The van der Waals surface area contributed by atoms with Crippen LogP contribution < -0.4 is 11.3 Å². The number of rotatable bonds is 3. The number of nitrogens with two attached hydrogens (primary N) is 1. The number of furan rings is 1. The van der Waals surface area contributed by atoms with E-state index in [0.717, 1.165) is 38.1 Å². The lowest BCUT2D eigenvalue weighted by Crippen LogP contribution is -2.46. The van der Waals surface area contributed by atoms with Crippen LogP contribution in [0.15, 0.2) is 16.5 Å². The standard InChI is InChI=1S/C14H21ClN2O2S/c15-12-2-1-11(19-12)13(17-16)10-3-6-18-14(9-10)4-7-20-8-5-14/h1-2,10,13,17H,3-9,16H2. The van der Waals surface area contributed by atoms with Gasteiger partial charge >= 0.3 is 0 Å². The van der Waals surface area contributed by atoms with Crippen LogP contribution >= 0.6 is 23.4 Å². The molecule has 6 heteroatoms. The minimum Gasteiger partial charge on any atom is -0.448 e. The van der Waals surface area contributed by atoms with Crippen molar-refractivity contribution in [2.75, 3.05) is 18.1 Å². The van der Waals surface area contributed by atoms with Gasteiger partial charge in [0, 0.05) is 6.61 Å². The number of hydrogen-bond donors (Lipinski definition) is 2. The molecule has 2 aliphatic rings. The molecule has 1 spiro atoms. The third-order valence-electron chi connectivity index (χ3n) is 4.49. The molecule has 2 fully saturated rings. The molecule has 0 radical (unpaired) electrons. The molecule has 1 aromatic rings. The van der Waals surface area contributed by atoms with Crippen LogP contribution in [0.25, 0.3) is 0 Å². The highest BCUT2D eigenvalue weighted by Gasteiger charge is 2.41. The number of hydrazine groups is 1. The zero-order chi connectivity index (χ0) is 14.0. The normalized spacial score (nSPS) is 27.6. The Bertz CT molecular complexity index is 443. The first-order valence-corrected chi connectivity index (χ1v) is 8.69. The molecule has 3 N–H and O–H groups in total. The van der Waals surface area contributed by atoms with Crippen LogP contribution in [0.1, 0.15) is 37.5 Å². The summed E-state index contributed by atoms with van der Waals surface area (Å²) < 4.78 is 11.7. The number of nitrogens with one attached hydrogen (secondary N) is 1. The fourth-order valence-corrected chi connectivity index (χ4v) is 4.78. The molecule has 2 aliphatic heterocycles. The van der Waals surface area contributed by atoms with Gasteiger partial charge in [-0.3, -0.25) is 5.84 Å². The average molecular weight is 317 g/mol. The summed E-state index contributed by atoms with van der Waals surface area (Å²) in [6.07, 6.45) is 4.33. The van der Waals surface area contributed by atoms with Gasteiger partial charge in [-0.05, 0) is 66.8 Å². The Labute approximate surface area is 128 Å². The van der Waals surface area contributed by atoms with Crippen molar-refractivity contribution < 1.29 is 9.15 Å². The highest BCUT2D eigenvalue weighted by atomic mass is 35.5. The van der Waals surface area contributed by atoms with Crippen LogP contribution in [-0.2, 0) is 4.74 Å². The molecule has 3 rings (SSSR count). The first-order valence-electron chi connectivity index (χ1n) is 7.15. The largest absolute Gasteiger partial charge is 0.448 e. The van der Waals surface area contributed by atoms with Crippen LogP contribution in [0, 0.1) is 5.92 Å². The average Bonchev–Trinajstić information content (AvgIpc) is 2.87. The van der Waals surface area contributed by atoms with Crippen molar-refractivity contribution in [3.63, 3.8) is 0 Å². The van der Waals surface area contributed by atoms with Gasteiger partial charge in [-0.25, -0.2) is 5.43 Å². The number of ether oxygens (including phenoxy) is 1. The molecule has 0 amide bonds. The van der Waals surface area contributed by atoms with Crippen molar-refractivity contribution in [3.8, 4) is 0 Å². The van der Waals surface area contributed by atoms with Gasteiger partial charge in [0.25, 0.3) is 0 Å². The topological polar surface area (TPSA) is 60.4 Å². The van der Waals surface area contributed by atoms with E-state index in [1.54, 1.807) is 6.07 Å². The first kappa shape index (κ1) is 14.7. The Hall–Kier alpha value is -0.200. The van der Waals surface area contributed by atoms with Gasteiger partial charge in [0.2, 0.25) is 0 Å². The lowest BCUT2D eigenvalue weighted by atomic mass is 9.78. The summed E-state index contributed by atoms with van der Waals surface area (Å²) in [4.78, 5) is 0. The summed E-state index contributed by atoms with van der Waals surface area (Å²) >= 11 is 7.90. The van der Waals surface area contributed by atoms with Crippen LogP contribution in [0.4, 0.5) is 0 Å². The molecule has 0 aromatic carbocycles. The second kappa shape index (κ2) is 6.28. The van der Waals surface area contributed by atoms with E-state index >= 15 is 0 Å². The van der Waals surface area contributed by atoms with E-state index in [4.69, 9.17) is 26.6 Å². The Morgan fingerprint density at radius 2 is 2.20 bits per heavy atom. The molecule has 2 unspecified atom stereocenters. The van der Waals surface area contributed by atoms with E-state index < -0.39 is 0 Å². The van der Waals surface area contributed by atoms with Crippen LogP contribution in [0.2, 0.25) is 5.22 Å². The molecule has 20 heavy (non-hydrogen) atoms. The predicted molar refractivity (Wildman–Crippen MR) is 81.7 cm³/mol. The van der Waals surface area contributed by atoms with Gasteiger partial charge in [-0.1, -0.05) is 0 Å². The van der Waals surface area contributed by atoms with E-state index in [-0.39, 0.29) is 11.6 Å². The molecule has 1 aromatic heterocycles. The van der Waals surface area contributed by atoms with E-state index in [1.807, 2.05) is 17.8 Å². The van der Waals surface area contributed by atoms with Gasteiger partial charge in [-0.15, -0.1) is 0 Å². The SMILES string of the molecule is NNC(c1ccc(Cl)o1)C1CCOC2(CCSCC2)C1. The summed E-state index contributed by atoms with van der Waals surface area (Å²) in [5.74, 6) is 9.41. The second-order valence-electron chi connectivity index (χ2n) is 5.68. The maximum atomic E-state index is 6.13. The fraction of sp³-hybridized carbons (Fsp3) is 0.714. The smallest absolute Gasteiger partial charge is 0.193 e. The molecule has 2 saturated heterocycles. The molecule has 112 valence electrons. The zero-order valence-electron chi connectivity index (χ0n) is 11.4. The summed E-state index contributed by atoms with van der Waals surface area (Å²) in [5, 5.41) is 0.413. The highest BCUT2D eigenvalue weighted by molar-refractivity contribution is 7.99. The minimum absolute atomic E-state index is 0.0119. The number of hydrogen-bond acceptors (Lipinski definition) is 5. The maximum Gasteiger partial charge on any atom is 0.193 e. The van der Waals surface area contributed by atoms with Crippen LogP contribution in [0.5, 0.6) is 0 Å². The second-order valence-corrected chi connectivity index (χ2v) is 7.28. The predicted octanol–water partition coefficient (Wildman–Crippen LogP) is 3.13. The lowest BCUT2D eigenvalue weighted by Gasteiger charge is -2.44. The van der Waals surface area contributed by atoms with Crippen molar-refractivity contribution in [3.05, 3.63) is 23.1 Å². The van der Waals surface area contributed by atoms with Gasteiger partial charge in [0.1, 0.15) is 5.76 Å². The summed E-state index contributed by atoms with van der Waals surface area (Å²) in [5.41, 5.74) is 2.97. The van der Waals surface area contributed by atoms with E-state index in [2.05, 4.69) is 5.43 Å². The van der Waals surface area contributed by atoms with Gasteiger partial charge in [0.15, 0.2) is 5.22 Å². The van der Waals surface area contributed by atoms with Crippen molar-refractivity contribution >= 4 is 23.4 Å². The third kappa shape index (κ3) is 3.02. The molecule has 2 atom stereocenters.